The van der Waals surface area contributed by atoms with E-state index in [9.17, 15) is 0 Å². The first-order valence-electron chi connectivity index (χ1n) is 5.56. The van der Waals surface area contributed by atoms with Crippen molar-refractivity contribution in [2.75, 3.05) is 5.73 Å². The van der Waals surface area contributed by atoms with Crippen LogP contribution in [0.4, 0.5) is 5.95 Å². The molecule has 0 bridgehead atoms. The average Bonchev–Trinajstić information content (AvgIpc) is 2.62. The van der Waals surface area contributed by atoms with Gasteiger partial charge >= 0.3 is 0 Å². The van der Waals surface area contributed by atoms with E-state index in [1.54, 1.807) is 6.20 Å². The van der Waals surface area contributed by atoms with E-state index < -0.39 is 0 Å². The topological polar surface area (TPSA) is 43.8 Å². The molecular formula is C13H17N3. The predicted octanol–water partition coefficient (Wildman–Crippen LogP) is 2.38. The number of nitrogen functional groups attached to an aromatic ring is 1. The van der Waals surface area contributed by atoms with Crippen LogP contribution in [0, 0.1) is 6.92 Å². The minimum absolute atomic E-state index is 0.581. The Hall–Kier alpha value is -1.77. The van der Waals surface area contributed by atoms with Crippen molar-refractivity contribution in [2.45, 2.75) is 26.8 Å². The van der Waals surface area contributed by atoms with Crippen molar-refractivity contribution >= 4 is 5.95 Å². The van der Waals surface area contributed by atoms with Crippen LogP contribution in [0.25, 0.3) is 0 Å². The van der Waals surface area contributed by atoms with Gasteiger partial charge in [0, 0.05) is 5.69 Å². The third-order valence-corrected chi connectivity index (χ3v) is 2.86. The predicted molar refractivity (Wildman–Crippen MR) is 66.3 cm³/mol. The summed E-state index contributed by atoms with van der Waals surface area (Å²) in [6, 6.07) is 8.63. The maximum absolute atomic E-state index is 5.80. The van der Waals surface area contributed by atoms with Crippen LogP contribution in [0.5, 0.6) is 0 Å². The Morgan fingerprint density at radius 2 is 1.81 bits per heavy atom. The van der Waals surface area contributed by atoms with Crippen molar-refractivity contribution in [3.63, 3.8) is 0 Å². The minimum atomic E-state index is 0.581. The monoisotopic (exact) mass is 215 g/mol. The van der Waals surface area contributed by atoms with Gasteiger partial charge in [0.2, 0.25) is 5.95 Å². The van der Waals surface area contributed by atoms with Gasteiger partial charge in [0.15, 0.2) is 0 Å². The summed E-state index contributed by atoms with van der Waals surface area (Å²) in [7, 11) is 0. The van der Waals surface area contributed by atoms with E-state index in [1.807, 2.05) is 11.5 Å². The van der Waals surface area contributed by atoms with Gasteiger partial charge in [-0.3, -0.25) is 0 Å². The lowest BCUT2D eigenvalue weighted by atomic mass is 10.1. The van der Waals surface area contributed by atoms with Crippen molar-refractivity contribution in [1.82, 2.24) is 9.55 Å². The average molecular weight is 215 g/mol. The smallest absolute Gasteiger partial charge is 0.200 e. The van der Waals surface area contributed by atoms with E-state index in [0.29, 0.717) is 5.95 Å². The highest BCUT2D eigenvalue weighted by Gasteiger charge is 2.03. The van der Waals surface area contributed by atoms with Crippen molar-refractivity contribution in [3.05, 3.63) is 47.3 Å². The summed E-state index contributed by atoms with van der Waals surface area (Å²) in [5.41, 5.74) is 9.51. The molecule has 0 saturated heterocycles. The third kappa shape index (κ3) is 2.08. The third-order valence-electron chi connectivity index (χ3n) is 2.86. The van der Waals surface area contributed by atoms with E-state index in [0.717, 1.165) is 18.7 Å². The number of nitrogens with zero attached hydrogens (tertiary/aromatic N) is 2. The number of nitrogens with two attached hydrogens (primary N) is 1. The van der Waals surface area contributed by atoms with Crippen LogP contribution >= 0.6 is 0 Å². The lowest BCUT2D eigenvalue weighted by molar-refractivity contribution is 0.782. The lowest BCUT2D eigenvalue weighted by Gasteiger charge is -2.08. The van der Waals surface area contributed by atoms with Gasteiger partial charge in [-0.25, -0.2) is 4.98 Å². The summed E-state index contributed by atoms with van der Waals surface area (Å²) in [5.74, 6) is 0.581. The highest BCUT2D eigenvalue weighted by molar-refractivity contribution is 5.27. The first-order chi connectivity index (χ1) is 7.70. The molecule has 2 aromatic rings. The second-order valence-corrected chi connectivity index (χ2v) is 4.01. The molecule has 1 aromatic carbocycles. The molecule has 1 heterocycles. The van der Waals surface area contributed by atoms with Gasteiger partial charge < -0.3 is 10.3 Å². The Labute approximate surface area is 95.9 Å². The SMILES string of the molecule is CCc1ccc(Cn2c(C)cnc2N)cc1. The lowest BCUT2D eigenvalue weighted by Crippen LogP contribution is -2.06. The number of aryl methyl sites for hydroxylation is 2. The van der Waals surface area contributed by atoms with Crippen LogP contribution in [0.3, 0.4) is 0 Å². The standard InChI is InChI=1S/C13H17N3/c1-3-11-4-6-12(7-5-11)9-16-10(2)8-15-13(16)14/h4-8H,3,9H2,1-2H3,(H2,14,15). The second kappa shape index (κ2) is 4.39. The molecule has 0 fully saturated rings. The summed E-state index contributed by atoms with van der Waals surface area (Å²) in [6.45, 7) is 4.97. The van der Waals surface area contributed by atoms with Crippen LogP contribution in [0.2, 0.25) is 0 Å². The van der Waals surface area contributed by atoms with E-state index in [1.165, 1.54) is 11.1 Å². The number of anilines is 1. The molecule has 16 heavy (non-hydrogen) atoms. The zero-order valence-electron chi connectivity index (χ0n) is 9.77. The van der Waals surface area contributed by atoms with Crippen molar-refractivity contribution < 1.29 is 0 Å². The molecule has 0 radical (unpaired) electrons. The Balaban J connectivity index is 2.20. The van der Waals surface area contributed by atoms with Crippen LogP contribution in [0.1, 0.15) is 23.7 Å². The largest absolute Gasteiger partial charge is 0.369 e. The number of hydrogen-bond donors (Lipinski definition) is 1. The van der Waals surface area contributed by atoms with E-state index in [-0.39, 0.29) is 0 Å². The van der Waals surface area contributed by atoms with Gasteiger partial charge in [-0.1, -0.05) is 31.2 Å². The summed E-state index contributed by atoms with van der Waals surface area (Å²) in [6.07, 6.45) is 2.88. The highest BCUT2D eigenvalue weighted by Crippen LogP contribution is 2.11. The second-order valence-electron chi connectivity index (χ2n) is 4.01. The fraction of sp³-hybridized carbons (Fsp3) is 0.308. The molecule has 0 atom stereocenters. The molecule has 0 saturated carbocycles. The minimum Gasteiger partial charge on any atom is -0.369 e. The van der Waals surface area contributed by atoms with Crippen molar-refractivity contribution in [1.29, 1.82) is 0 Å². The van der Waals surface area contributed by atoms with Gasteiger partial charge in [0.25, 0.3) is 0 Å². The molecular weight excluding hydrogens is 198 g/mol. The fourth-order valence-electron chi connectivity index (χ4n) is 1.75. The zero-order chi connectivity index (χ0) is 11.5. The van der Waals surface area contributed by atoms with E-state index >= 15 is 0 Å². The summed E-state index contributed by atoms with van der Waals surface area (Å²) >= 11 is 0. The van der Waals surface area contributed by atoms with Gasteiger partial charge in [-0.15, -0.1) is 0 Å². The highest BCUT2D eigenvalue weighted by atomic mass is 15.1. The van der Waals surface area contributed by atoms with Crippen molar-refractivity contribution in [2.24, 2.45) is 0 Å². The summed E-state index contributed by atoms with van der Waals surface area (Å²) < 4.78 is 2.01. The molecule has 0 spiro atoms. The first-order valence-corrected chi connectivity index (χ1v) is 5.56. The molecule has 3 nitrogen and oxygen atoms in total. The quantitative estimate of drug-likeness (QED) is 0.854. The van der Waals surface area contributed by atoms with Crippen LogP contribution in [0.15, 0.2) is 30.5 Å². The number of rotatable bonds is 3. The summed E-state index contributed by atoms with van der Waals surface area (Å²) in [4.78, 5) is 4.09. The Morgan fingerprint density at radius 3 is 2.31 bits per heavy atom. The van der Waals surface area contributed by atoms with Crippen LogP contribution in [-0.4, -0.2) is 9.55 Å². The Morgan fingerprint density at radius 1 is 1.19 bits per heavy atom. The molecule has 2 N–H and O–H groups in total. The maximum Gasteiger partial charge on any atom is 0.200 e. The molecule has 0 aliphatic heterocycles. The molecule has 2 rings (SSSR count). The van der Waals surface area contributed by atoms with Gasteiger partial charge in [-0.05, 0) is 24.5 Å². The number of aromatic nitrogens is 2. The van der Waals surface area contributed by atoms with E-state index in [2.05, 4.69) is 36.2 Å². The van der Waals surface area contributed by atoms with Gasteiger partial charge in [-0.2, -0.15) is 0 Å². The Kier molecular flexibility index (Phi) is 2.95. The van der Waals surface area contributed by atoms with Crippen LogP contribution in [-0.2, 0) is 13.0 Å². The molecule has 0 amide bonds. The zero-order valence-corrected chi connectivity index (χ0v) is 9.77. The van der Waals surface area contributed by atoms with Gasteiger partial charge in [0.05, 0.1) is 12.7 Å². The number of hydrogen-bond acceptors (Lipinski definition) is 2. The normalized spacial score (nSPS) is 10.6. The molecule has 0 unspecified atom stereocenters. The fourth-order valence-corrected chi connectivity index (χ4v) is 1.75. The maximum atomic E-state index is 5.80. The molecule has 0 aliphatic carbocycles. The van der Waals surface area contributed by atoms with Crippen molar-refractivity contribution in [3.8, 4) is 0 Å². The summed E-state index contributed by atoms with van der Waals surface area (Å²) in [5, 5.41) is 0. The Bertz CT molecular complexity index is 449. The molecule has 0 aliphatic rings. The number of benzene rings is 1. The molecule has 84 valence electrons. The van der Waals surface area contributed by atoms with E-state index in [4.69, 9.17) is 5.73 Å². The molecule has 1 aromatic heterocycles. The number of imidazole rings is 1. The first kappa shape index (κ1) is 10.7. The van der Waals surface area contributed by atoms with Crippen LogP contribution < -0.4 is 5.73 Å². The molecule has 3 heteroatoms. The van der Waals surface area contributed by atoms with Gasteiger partial charge in [0.1, 0.15) is 0 Å².